The minimum Gasteiger partial charge on any atom is -0.472 e. The van der Waals surface area contributed by atoms with Gasteiger partial charge < -0.3 is 4.74 Å². The molecule has 1 aromatic heterocycles. The molecule has 0 spiro atoms. The highest BCUT2D eigenvalue weighted by Crippen LogP contribution is 2.15. The zero-order valence-electron chi connectivity index (χ0n) is 9.50. The third-order valence-electron chi connectivity index (χ3n) is 1.70. The van der Waals surface area contributed by atoms with Crippen molar-refractivity contribution in [3.8, 4) is 5.88 Å². The summed E-state index contributed by atoms with van der Waals surface area (Å²) in [5, 5.41) is 0. The first-order chi connectivity index (χ1) is 6.51. The van der Waals surface area contributed by atoms with Gasteiger partial charge in [0.1, 0.15) is 5.60 Å². The monoisotopic (exact) mass is 193 g/mol. The predicted octanol–water partition coefficient (Wildman–Crippen LogP) is 3.21. The number of rotatable bonds is 3. The summed E-state index contributed by atoms with van der Waals surface area (Å²) >= 11 is 0. The van der Waals surface area contributed by atoms with E-state index in [0.717, 1.165) is 24.4 Å². The van der Waals surface area contributed by atoms with Crippen LogP contribution in [0.5, 0.6) is 5.88 Å². The van der Waals surface area contributed by atoms with Gasteiger partial charge in [-0.05, 0) is 33.3 Å². The lowest BCUT2D eigenvalue weighted by Crippen LogP contribution is -2.23. The second-order valence-corrected chi connectivity index (χ2v) is 4.43. The molecule has 0 bridgehead atoms. The Hall–Kier alpha value is -1.05. The molecule has 0 N–H and O–H groups in total. The van der Waals surface area contributed by atoms with Crippen molar-refractivity contribution in [3.63, 3.8) is 0 Å². The van der Waals surface area contributed by atoms with E-state index < -0.39 is 0 Å². The average molecular weight is 193 g/mol. The Balaban J connectivity index is 2.73. The maximum Gasteiger partial charge on any atom is 0.213 e. The molecular formula is C12H19NO. The van der Waals surface area contributed by atoms with Crippen LogP contribution in [0.1, 0.15) is 39.8 Å². The Bertz CT molecular complexity index is 289. The summed E-state index contributed by atoms with van der Waals surface area (Å²) in [7, 11) is 0. The first kappa shape index (κ1) is 11.0. The molecule has 0 aliphatic rings. The lowest BCUT2D eigenvalue weighted by Gasteiger charge is -2.20. The van der Waals surface area contributed by atoms with Crippen molar-refractivity contribution >= 4 is 0 Å². The van der Waals surface area contributed by atoms with Gasteiger partial charge in [-0.15, -0.1) is 0 Å². The van der Waals surface area contributed by atoms with E-state index in [-0.39, 0.29) is 5.60 Å². The van der Waals surface area contributed by atoms with Crippen LogP contribution in [0.15, 0.2) is 18.2 Å². The molecule has 0 radical (unpaired) electrons. The Labute approximate surface area is 86.3 Å². The van der Waals surface area contributed by atoms with Crippen molar-refractivity contribution in [3.05, 3.63) is 23.9 Å². The molecule has 0 aliphatic heterocycles. The van der Waals surface area contributed by atoms with E-state index in [2.05, 4.69) is 11.9 Å². The van der Waals surface area contributed by atoms with Crippen molar-refractivity contribution in [2.24, 2.45) is 0 Å². The molecule has 14 heavy (non-hydrogen) atoms. The maximum atomic E-state index is 5.68. The van der Waals surface area contributed by atoms with Gasteiger partial charge >= 0.3 is 0 Å². The molecule has 0 aliphatic carbocycles. The molecule has 0 unspecified atom stereocenters. The van der Waals surface area contributed by atoms with Gasteiger partial charge in [-0.3, -0.25) is 0 Å². The summed E-state index contributed by atoms with van der Waals surface area (Å²) in [4.78, 5) is 4.43. The fourth-order valence-corrected chi connectivity index (χ4v) is 1.22. The molecule has 0 atom stereocenters. The summed E-state index contributed by atoms with van der Waals surface area (Å²) in [6.07, 6.45) is 2.13. The second-order valence-electron chi connectivity index (χ2n) is 4.43. The smallest absolute Gasteiger partial charge is 0.213 e. The van der Waals surface area contributed by atoms with Gasteiger partial charge in [-0.25, -0.2) is 4.98 Å². The number of hydrogen-bond donors (Lipinski definition) is 0. The fourth-order valence-electron chi connectivity index (χ4n) is 1.22. The first-order valence-corrected chi connectivity index (χ1v) is 5.16. The van der Waals surface area contributed by atoms with E-state index in [1.54, 1.807) is 0 Å². The zero-order chi connectivity index (χ0) is 10.6. The number of pyridine rings is 1. The Kier molecular flexibility index (Phi) is 3.50. The lowest BCUT2D eigenvalue weighted by molar-refractivity contribution is 0.124. The molecule has 1 rings (SSSR count). The molecule has 0 fully saturated rings. The lowest BCUT2D eigenvalue weighted by atomic mass is 10.2. The van der Waals surface area contributed by atoms with E-state index in [9.17, 15) is 0 Å². The molecule has 2 nitrogen and oxygen atoms in total. The van der Waals surface area contributed by atoms with Crippen LogP contribution in [0.3, 0.4) is 0 Å². The van der Waals surface area contributed by atoms with Crippen LogP contribution in [0.25, 0.3) is 0 Å². The van der Waals surface area contributed by atoms with E-state index in [1.165, 1.54) is 0 Å². The summed E-state index contributed by atoms with van der Waals surface area (Å²) in [6, 6.07) is 5.95. The molecular weight excluding hydrogens is 174 g/mol. The normalized spacial score (nSPS) is 11.4. The van der Waals surface area contributed by atoms with E-state index >= 15 is 0 Å². The number of hydrogen-bond acceptors (Lipinski definition) is 2. The van der Waals surface area contributed by atoms with Gasteiger partial charge in [0.05, 0.1) is 0 Å². The summed E-state index contributed by atoms with van der Waals surface area (Å²) in [6.45, 7) is 8.24. The molecule has 1 aromatic rings. The van der Waals surface area contributed by atoms with Crippen molar-refractivity contribution in [1.29, 1.82) is 0 Å². The molecule has 78 valence electrons. The zero-order valence-corrected chi connectivity index (χ0v) is 9.50. The minimum absolute atomic E-state index is 0.169. The van der Waals surface area contributed by atoms with Crippen LogP contribution in [0, 0.1) is 0 Å². The molecule has 2 heteroatoms. The van der Waals surface area contributed by atoms with Gasteiger partial charge in [0, 0.05) is 11.8 Å². The van der Waals surface area contributed by atoms with Gasteiger partial charge in [0.15, 0.2) is 0 Å². The van der Waals surface area contributed by atoms with Crippen LogP contribution in [0.4, 0.5) is 0 Å². The topological polar surface area (TPSA) is 22.1 Å². The van der Waals surface area contributed by atoms with Gasteiger partial charge in [-0.2, -0.15) is 0 Å². The number of ether oxygens (including phenoxy) is 1. The van der Waals surface area contributed by atoms with Gasteiger partial charge in [0.2, 0.25) is 5.88 Å². The summed E-state index contributed by atoms with van der Waals surface area (Å²) in [5.74, 6) is 0.725. The third-order valence-corrected chi connectivity index (χ3v) is 1.70. The second kappa shape index (κ2) is 4.45. The molecule has 0 saturated heterocycles. The van der Waals surface area contributed by atoms with Crippen molar-refractivity contribution in [2.75, 3.05) is 0 Å². The maximum absolute atomic E-state index is 5.68. The van der Waals surface area contributed by atoms with Crippen LogP contribution in [-0.2, 0) is 6.42 Å². The molecule has 0 aromatic carbocycles. The average Bonchev–Trinajstić information content (AvgIpc) is 2.02. The largest absolute Gasteiger partial charge is 0.472 e. The fraction of sp³-hybridized carbons (Fsp3) is 0.583. The van der Waals surface area contributed by atoms with Crippen molar-refractivity contribution in [1.82, 2.24) is 4.98 Å². The van der Waals surface area contributed by atoms with Crippen LogP contribution >= 0.6 is 0 Å². The predicted molar refractivity (Wildman–Crippen MR) is 58.6 cm³/mol. The Morgan fingerprint density at radius 1 is 1.29 bits per heavy atom. The summed E-state index contributed by atoms with van der Waals surface area (Å²) < 4.78 is 5.68. The van der Waals surface area contributed by atoms with E-state index in [1.807, 2.05) is 39.0 Å². The quantitative estimate of drug-likeness (QED) is 0.735. The first-order valence-electron chi connectivity index (χ1n) is 5.16. The van der Waals surface area contributed by atoms with Gasteiger partial charge in [0.25, 0.3) is 0 Å². The number of aromatic nitrogens is 1. The van der Waals surface area contributed by atoms with Crippen LogP contribution in [0.2, 0.25) is 0 Å². The van der Waals surface area contributed by atoms with Crippen LogP contribution < -0.4 is 4.74 Å². The van der Waals surface area contributed by atoms with Crippen LogP contribution in [-0.4, -0.2) is 10.6 Å². The van der Waals surface area contributed by atoms with E-state index in [4.69, 9.17) is 4.74 Å². The standard InChI is InChI=1S/C12H19NO/c1-5-7-10-8-6-9-11(13-10)14-12(2,3)4/h6,8-9H,5,7H2,1-4H3. The SMILES string of the molecule is CCCc1cccc(OC(C)(C)C)n1. The molecule has 0 amide bonds. The van der Waals surface area contributed by atoms with Crippen molar-refractivity contribution in [2.45, 2.75) is 46.1 Å². The summed E-state index contributed by atoms with van der Waals surface area (Å²) in [5.41, 5.74) is 0.937. The Morgan fingerprint density at radius 3 is 2.57 bits per heavy atom. The number of nitrogens with zero attached hydrogens (tertiary/aromatic N) is 1. The highest BCUT2D eigenvalue weighted by atomic mass is 16.5. The Morgan fingerprint density at radius 2 is 2.00 bits per heavy atom. The minimum atomic E-state index is -0.169. The van der Waals surface area contributed by atoms with E-state index in [0.29, 0.717) is 0 Å². The molecule has 0 saturated carbocycles. The molecule has 1 heterocycles. The van der Waals surface area contributed by atoms with Crippen molar-refractivity contribution < 1.29 is 4.74 Å². The number of aryl methyl sites for hydroxylation is 1. The highest BCUT2D eigenvalue weighted by molar-refractivity contribution is 5.16. The highest BCUT2D eigenvalue weighted by Gasteiger charge is 2.12. The third kappa shape index (κ3) is 3.77. The van der Waals surface area contributed by atoms with Gasteiger partial charge in [-0.1, -0.05) is 19.4 Å².